The van der Waals surface area contributed by atoms with Crippen molar-refractivity contribution in [2.45, 2.75) is 39.3 Å². The van der Waals surface area contributed by atoms with E-state index in [4.69, 9.17) is 4.98 Å². The molecule has 2 aromatic rings. The molecule has 1 saturated heterocycles. The number of thioether (sulfide) groups is 1. The molecule has 1 fully saturated rings. The molecule has 0 aliphatic carbocycles. The molecule has 1 atom stereocenters. The molecular formula is C17H23N3OS. The van der Waals surface area contributed by atoms with Gasteiger partial charge in [-0.15, -0.1) is 0 Å². The van der Waals surface area contributed by atoms with Crippen molar-refractivity contribution >= 4 is 28.7 Å². The minimum Gasteiger partial charge on any atom is -0.346 e. The zero-order valence-corrected chi connectivity index (χ0v) is 14.2. The number of fused-ring (bicyclic) bond motifs is 1. The van der Waals surface area contributed by atoms with Crippen LogP contribution in [0.3, 0.4) is 0 Å². The number of para-hydroxylation sites is 2. The average molecular weight is 317 g/mol. The fourth-order valence-corrected chi connectivity index (χ4v) is 3.75. The summed E-state index contributed by atoms with van der Waals surface area (Å²) in [6.45, 7) is 6.32. The monoisotopic (exact) mass is 317 g/mol. The van der Waals surface area contributed by atoms with E-state index in [1.807, 2.05) is 36.9 Å². The second kappa shape index (κ2) is 6.32. The Morgan fingerprint density at radius 1 is 1.36 bits per heavy atom. The van der Waals surface area contributed by atoms with Crippen LogP contribution in [0, 0.1) is 5.92 Å². The standard InChI is InChI=1S/C17H23N3OS/c1-11(2)20-15-7-5-4-6-14(15)19-17(20)12(3)18-16(21)8-13-9-22-10-13/h4-7,11-13H,8-10H2,1-3H3,(H,18,21). The summed E-state index contributed by atoms with van der Waals surface area (Å²) in [7, 11) is 0. The van der Waals surface area contributed by atoms with Gasteiger partial charge >= 0.3 is 0 Å². The summed E-state index contributed by atoms with van der Waals surface area (Å²) in [5, 5.41) is 3.12. The second-order valence-electron chi connectivity index (χ2n) is 6.32. The summed E-state index contributed by atoms with van der Waals surface area (Å²) in [5.74, 6) is 3.87. The van der Waals surface area contributed by atoms with E-state index in [1.165, 1.54) is 0 Å². The molecule has 1 unspecified atom stereocenters. The highest BCUT2D eigenvalue weighted by atomic mass is 32.2. The third kappa shape index (κ3) is 3.00. The van der Waals surface area contributed by atoms with Crippen LogP contribution < -0.4 is 5.32 Å². The lowest BCUT2D eigenvalue weighted by molar-refractivity contribution is -0.122. The molecule has 2 heterocycles. The molecule has 4 nitrogen and oxygen atoms in total. The maximum absolute atomic E-state index is 12.2. The van der Waals surface area contributed by atoms with Crippen LogP contribution in [0.5, 0.6) is 0 Å². The first-order chi connectivity index (χ1) is 10.6. The summed E-state index contributed by atoms with van der Waals surface area (Å²) < 4.78 is 2.22. The van der Waals surface area contributed by atoms with E-state index in [9.17, 15) is 4.79 Å². The van der Waals surface area contributed by atoms with Gasteiger partial charge in [-0.05, 0) is 50.3 Å². The van der Waals surface area contributed by atoms with E-state index >= 15 is 0 Å². The van der Waals surface area contributed by atoms with Crippen molar-refractivity contribution in [3.8, 4) is 0 Å². The van der Waals surface area contributed by atoms with Gasteiger partial charge in [0.1, 0.15) is 5.82 Å². The third-order valence-corrected chi connectivity index (χ3v) is 5.50. The molecule has 0 bridgehead atoms. The second-order valence-corrected chi connectivity index (χ2v) is 7.39. The minimum absolute atomic E-state index is 0.0740. The maximum atomic E-state index is 12.2. The van der Waals surface area contributed by atoms with Crippen molar-refractivity contribution in [2.75, 3.05) is 11.5 Å². The van der Waals surface area contributed by atoms with Gasteiger partial charge in [0.15, 0.2) is 0 Å². The van der Waals surface area contributed by atoms with E-state index in [0.29, 0.717) is 18.4 Å². The molecule has 1 aromatic carbocycles. The van der Waals surface area contributed by atoms with Crippen molar-refractivity contribution < 1.29 is 4.79 Å². The lowest BCUT2D eigenvalue weighted by Crippen LogP contribution is -2.33. The zero-order valence-electron chi connectivity index (χ0n) is 13.4. The lowest BCUT2D eigenvalue weighted by Gasteiger charge is -2.25. The number of aromatic nitrogens is 2. The Morgan fingerprint density at radius 2 is 2.09 bits per heavy atom. The lowest BCUT2D eigenvalue weighted by atomic mass is 10.1. The number of carbonyl (C=O) groups excluding carboxylic acids is 1. The van der Waals surface area contributed by atoms with E-state index in [1.54, 1.807) is 0 Å². The van der Waals surface area contributed by atoms with Crippen molar-refractivity contribution in [3.05, 3.63) is 30.1 Å². The van der Waals surface area contributed by atoms with E-state index in [0.717, 1.165) is 28.4 Å². The minimum atomic E-state index is -0.0740. The number of nitrogens with zero attached hydrogens (tertiary/aromatic N) is 2. The molecular weight excluding hydrogens is 294 g/mol. The SMILES string of the molecule is CC(NC(=O)CC1CSC1)c1nc2ccccc2n1C(C)C. The highest BCUT2D eigenvalue weighted by Crippen LogP contribution is 2.28. The third-order valence-electron chi connectivity index (χ3n) is 4.09. The zero-order chi connectivity index (χ0) is 15.7. The predicted molar refractivity (Wildman–Crippen MR) is 92.1 cm³/mol. The quantitative estimate of drug-likeness (QED) is 0.917. The Bertz CT molecular complexity index is 676. The summed E-state index contributed by atoms with van der Waals surface area (Å²) >= 11 is 1.92. The molecule has 5 heteroatoms. The van der Waals surface area contributed by atoms with Crippen LogP contribution in [-0.4, -0.2) is 27.0 Å². The number of imidazole rings is 1. The molecule has 3 rings (SSSR count). The van der Waals surface area contributed by atoms with E-state index in [-0.39, 0.29) is 11.9 Å². The van der Waals surface area contributed by atoms with E-state index < -0.39 is 0 Å². The first-order valence-electron chi connectivity index (χ1n) is 7.90. The first kappa shape index (κ1) is 15.4. The van der Waals surface area contributed by atoms with Crippen molar-refractivity contribution in [1.82, 2.24) is 14.9 Å². The largest absolute Gasteiger partial charge is 0.346 e. The van der Waals surface area contributed by atoms with Gasteiger partial charge in [-0.25, -0.2) is 4.98 Å². The molecule has 0 saturated carbocycles. The van der Waals surface area contributed by atoms with Gasteiger partial charge < -0.3 is 9.88 Å². The van der Waals surface area contributed by atoms with Crippen LogP contribution in [0.1, 0.15) is 45.1 Å². The molecule has 0 radical (unpaired) electrons. The predicted octanol–water partition coefficient (Wildman–Crippen LogP) is 3.55. The summed E-state index contributed by atoms with van der Waals surface area (Å²) in [5.41, 5.74) is 2.12. The highest BCUT2D eigenvalue weighted by molar-refractivity contribution is 8.00. The number of amides is 1. The van der Waals surface area contributed by atoms with Crippen molar-refractivity contribution in [2.24, 2.45) is 5.92 Å². The maximum Gasteiger partial charge on any atom is 0.220 e. The molecule has 1 aliphatic rings. The van der Waals surface area contributed by atoms with Gasteiger partial charge in [-0.1, -0.05) is 12.1 Å². The van der Waals surface area contributed by atoms with Crippen molar-refractivity contribution in [1.29, 1.82) is 0 Å². The summed E-state index contributed by atoms with van der Waals surface area (Å²) in [4.78, 5) is 16.9. The molecule has 118 valence electrons. The Morgan fingerprint density at radius 3 is 2.73 bits per heavy atom. The van der Waals surface area contributed by atoms with Gasteiger partial charge in [0, 0.05) is 12.5 Å². The molecule has 0 spiro atoms. The smallest absolute Gasteiger partial charge is 0.220 e. The average Bonchev–Trinajstić information content (AvgIpc) is 2.82. The van der Waals surface area contributed by atoms with Crippen LogP contribution in [-0.2, 0) is 4.79 Å². The van der Waals surface area contributed by atoms with Gasteiger partial charge in [0.05, 0.1) is 17.1 Å². The Hall–Kier alpha value is -1.49. The number of benzene rings is 1. The topological polar surface area (TPSA) is 46.9 Å². The normalized spacial score (nSPS) is 16.7. The van der Waals surface area contributed by atoms with Crippen LogP contribution in [0.25, 0.3) is 11.0 Å². The van der Waals surface area contributed by atoms with Gasteiger partial charge in [-0.2, -0.15) is 11.8 Å². The molecule has 1 aromatic heterocycles. The van der Waals surface area contributed by atoms with Gasteiger partial charge in [0.25, 0.3) is 0 Å². The van der Waals surface area contributed by atoms with Crippen LogP contribution >= 0.6 is 11.8 Å². The van der Waals surface area contributed by atoms with Crippen LogP contribution in [0.2, 0.25) is 0 Å². The number of carbonyl (C=O) groups is 1. The number of nitrogens with one attached hydrogen (secondary N) is 1. The van der Waals surface area contributed by atoms with E-state index in [2.05, 4.69) is 29.8 Å². The number of hydrogen-bond donors (Lipinski definition) is 1. The Balaban J connectivity index is 1.81. The number of rotatable bonds is 5. The number of hydrogen-bond acceptors (Lipinski definition) is 3. The Labute approximate surface area is 135 Å². The van der Waals surface area contributed by atoms with Gasteiger partial charge in [0.2, 0.25) is 5.91 Å². The Kier molecular flexibility index (Phi) is 4.43. The fraction of sp³-hybridized carbons (Fsp3) is 0.529. The van der Waals surface area contributed by atoms with Crippen LogP contribution in [0.4, 0.5) is 0 Å². The first-order valence-corrected chi connectivity index (χ1v) is 9.05. The fourth-order valence-electron chi connectivity index (χ4n) is 2.94. The van der Waals surface area contributed by atoms with Crippen LogP contribution in [0.15, 0.2) is 24.3 Å². The molecule has 22 heavy (non-hydrogen) atoms. The highest BCUT2D eigenvalue weighted by Gasteiger charge is 2.24. The summed E-state index contributed by atoms with van der Waals surface area (Å²) in [6, 6.07) is 8.38. The molecule has 1 amide bonds. The molecule has 1 aliphatic heterocycles. The van der Waals surface area contributed by atoms with Gasteiger partial charge in [-0.3, -0.25) is 4.79 Å². The molecule has 1 N–H and O–H groups in total. The van der Waals surface area contributed by atoms with Crippen molar-refractivity contribution in [3.63, 3.8) is 0 Å². The summed E-state index contributed by atoms with van der Waals surface area (Å²) in [6.07, 6.45) is 0.638.